The zero-order valence-corrected chi connectivity index (χ0v) is 12.4. The summed E-state index contributed by atoms with van der Waals surface area (Å²) in [5, 5.41) is 7.71. The van der Waals surface area contributed by atoms with Crippen LogP contribution in [0.1, 0.15) is 29.6 Å². The Morgan fingerprint density at radius 2 is 1.91 bits per heavy atom. The number of benzene rings is 1. The van der Waals surface area contributed by atoms with E-state index in [4.69, 9.17) is 0 Å². The fourth-order valence-electron chi connectivity index (χ4n) is 2.35. The molecule has 0 aromatic heterocycles. The Morgan fingerprint density at radius 1 is 1.22 bits per heavy atom. The number of anilines is 1. The average Bonchev–Trinajstić information content (AvgIpc) is 2.97. The van der Waals surface area contributed by atoms with E-state index in [1.165, 1.54) is 24.3 Å². The molecule has 0 aliphatic carbocycles. The van der Waals surface area contributed by atoms with Gasteiger partial charge in [-0.05, 0) is 43.7 Å². The van der Waals surface area contributed by atoms with Gasteiger partial charge >= 0.3 is 6.18 Å². The van der Waals surface area contributed by atoms with Crippen LogP contribution in [0.25, 0.3) is 0 Å². The van der Waals surface area contributed by atoms with Crippen LogP contribution in [0.4, 0.5) is 18.9 Å². The minimum atomic E-state index is -4.45. The highest BCUT2D eigenvalue weighted by Crippen LogP contribution is 2.15. The van der Waals surface area contributed by atoms with E-state index >= 15 is 0 Å². The number of hydrogen-bond acceptors (Lipinski definition) is 3. The van der Waals surface area contributed by atoms with Crippen molar-refractivity contribution in [3.05, 3.63) is 29.8 Å². The standard InChI is InChI=1S/C15H18F3N3O2/c16-15(17,18)9-20-14(23)10-3-5-11(6-4-10)21-13(22)8-12-2-1-7-19-12/h3-6,12,19H,1-2,7-9H2,(H,20,23)(H,21,22). The molecule has 126 valence electrons. The van der Waals surface area contributed by atoms with Crippen molar-refractivity contribution in [3.63, 3.8) is 0 Å². The number of nitrogens with one attached hydrogen (secondary N) is 3. The molecule has 1 unspecified atom stereocenters. The Labute approximate surface area is 131 Å². The van der Waals surface area contributed by atoms with Gasteiger partial charge in [-0.1, -0.05) is 0 Å². The van der Waals surface area contributed by atoms with Gasteiger partial charge in [-0.25, -0.2) is 0 Å². The van der Waals surface area contributed by atoms with Crippen molar-refractivity contribution in [1.82, 2.24) is 10.6 Å². The van der Waals surface area contributed by atoms with Gasteiger partial charge < -0.3 is 16.0 Å². The second-order valence-electron chi connectivity index (χ2n) is 5.42. The Kier molecular flexibility index (Phi) is 5.59. The molecule has 5 nitrogen and oxygen atoms in total. The maximum absolute atomic E-state index is 12.0. The molecular weight excluding hydrogens is 311 g/mol. The minimum Gasteiger partial charge on any atom is -0.343 e. The molecule has 1 aliphatic heterocycles. The smallest absolute Gasteiger partial charge is 0.343 e. The van der Waals surface area contributed by atoms with Crippen molar-refractivity contribution >= 4 is 17.5 Å². The van der Waals surface area contributed by atoms with Crippen molar-refractivity contribution < 1.29 is 22.8 Å². The molecule has 1 heterocycles. The van der Waals surface area contributed by atoms with Crippen molar-refractivity contribution in [3.8, 4) is 0 Å². The van der Waals surface area contributed by atoms with Gasteiger partial charge in [0.05, 0.1) is 0 Å². The zero-order chi connectivity index (χ0) is 16.9. The normalized spacial score (nSPS) is 17.8. The number of hydrogen-bond donors (Lipinski definition) is 3. The first-order valence-electron chi connectivity index (χ1n) is 7.32. The summed E-state index contributed by atoms with van der Waals surface area (Å²) in [5.41, 5.74) is 0.602. The first-order chi connectivity index (χ1) is 10.8. The van der Waals surface area contributed by atoms with Crippen LogP contribution in [0.3, 0.4) is 0 Å². The van der Waals surface area contributed by atoms with Crippen LogP contribution in [0, 0.1) is 0 Å². The summed E-state index contributed by atoms with van der Waals surface area (Å²) in [7, 11) is 0. The van der Waals surface area contributed by atoms with Crippen molar-refractivity contribution in [1.29, 1.82) is 0 Å². The van der Waals surface area contributed by atoms with E-state index < -0.39 is 18.6 Å². The molecule has 1 atom stereocenters. The van der Waals surface area contributed by atoms with Gasteiger partial charge in [0.25, 0.3) is 5.91 Å². The number of amides is 2. The first-order valence-corrected chi connectivity index (χ1v) is 7.32. The van der Waals surface area contributed by atoms with Crippen molar-refractivity contribution in [2.45, 2.75) is 31.5 Å². The molecule has 8 heteroatoms. The Balaban J connectivity index is 1.83. The lowest BCUT2D eigenvalue weighted by Crippen LogP contribution is -2.33. The van der Waals surface area contributed by atoms with Gasteiger partial charge in [-0.15, -0.1) is 0 Å². The zero-order valence-electron chi connectivity index (χ0n) is 12.4. The molecule has 1 aromatic rings. The first kappa shape index (κ1) is 17.3. The maximum atomic E-state index is 12.0. The summed E-state index contributed by atoms with van der Waals surface area (Å²) in [6.45, 7) is -0.460. The lowest BCUT2D eigenvalue weighted by Gasteiger charge is -2.11. The van der Waals surface area contributed by atoms with Crippen LogP contribution in [0.15, 0.2) is 24.3 Å². The van der Waals surface area contributed by atoms with E-state index in [1.54, 1.807) is 5.32 Å². The summed E-state index contributed by atoms with van der Waals surface area (Å²) in [6.07, 6.45) is -2.06. The van der Waals surface area contributed by atoms with Crippen molar-refractivity contribution in [2.24, 2.45) is 0 Å². The number of carbonyl (C=O) groups excluding carboxylic acids is 2. The second kappa shape index (κ2) is 7.45. The topological polar surface area (TPSA) is 70.2 Å². The van der Waals surface area contributed by atoms with E-state index in [0.29, 0.717) is 12.1 Å². The third kappa shape index (κ3) is 5.90. The number of rotatable bonds is 5. The van der Waals surface area contributed by atoms with E-state index in [2.05, 4.69) is 10.6 Å². The van der Waals surface area contributed by atoms with Crippen LogP contribution in [-0.2, 0) is 4.79 Å². The molecule has 2 amide bonds. The fourth-order valence-corrected chi connectivity index (χ4v) is 2.35. The minimum absolute atomic E-state index is 0.102. The van der Waals surface area contributed by atoms with Gasteiger partial charge in [-0.2, -0.15) is 13.2 Å². The highest BCUT2D eigenvalue weighted by Gasteiger charge is 2.27. The van der Waals surface area contributed by atoms with Gasteiger partial charge in [-0.3, -0.25) is 9.59 Å². The van der Waals surface area contributed by atoms with Crippen LogP contribution in [0.5, 0.6) is 0 Å². The molecule has 0 spiro atoms. The molecule has 1 fully saturated rings. The highest BCUT2D eigenvalue weighted by atomic mass is 19.4. The molecule has 1 saturated heterocycles. The number of halogens is 3. The molecule has 0 saturated carbocycles. The van der Waals surface area contributed by atoms with Gasteiger partial charge in [0, 0.05) is 23.7 Å². The molecule has 1 aromatic carbocycles. The third-order valence-electron chi connectivity index (χ3n) is 3.47. The summed E-state index contributed by atoms with van der Waals surface area (Å²) >= 11 is 0. The van der Waals surface area contributed by atoms with Crippen LogP contribution in [0.2, 0.25) is 0 Å². The van der Waals surface area contributed by atoms with Gasteiger partial charge in [0.15, 0.2) is 0 Å². The third-order valence-corrected chi connectivity index (χ3v) is 3.47. The van der Waals surface area contributed by atoms with E-state index in [9.17, 15) is 22.8 Å². The van der Waals surface area contributed by atoms with Crippen LogP contribution >= 0.6 is 0 Å². The lowest BCUT2D eigenvalue weighted by atomic mass is 10.1. The summed E-state index contributed by atoms with van der Waals surface area (Å²) < 4.78 is 36.1. The molecule has 23 heavy (non-hydrogen) atoms. The fraction of sp³-hybridized carbons (Fsp3) is 0.467. The summed E-state index contributed by atoms with van der Waals surface area (Å²) in [6, 6.07) is 5.90. The largest absolute Gasteiger partial charge is 0.405 e. The van der Waals surface area contributed by atoms with E-state index in [-0.39, 0.29) is 17.5 Å². The Bertz CT molecular complexity index is 552. The lowest BCUT2D eigenvalue weighted by molar-refractivity contribution is -0.123. The van der Waals surface area contributed by atoms with Gasteiger partial charge in [0.2, 0.25) is 5.91 Å². The highest BCUT2D eigenvalue weighted by molar-refractivity contribution is 5.95. The molecular formula is C15H18F3N3O2. The number of alkyl halides is 3. The quantitative estimate of drug-likeness (QED) is 0.774. The van der Waals surface area contributed by atoms with E-state index in [1.807, 2.05) is 0 Å². The predicted molar refractivity (Wildman–Crippen MR) is 79.1 cm³/mol. The number of carbonyl (C=O) groups is 2. The molecule has 3 N–H and O–H groups in total. The van der Waals surface area contributed by atoms with Crippen LogP contribution < -0.4 is 16.0 Å². The summed E-state index contributed by atoms with van der Waals surface area (Å²) in [4.78, 5) is 23.4. The summed E-state index contributed by atoms with van der Waals surface area (Å²) in [5.74, 6) is -0.950. The molecule has 2 rings (SSSR count). The van der Waals surface area contributed by atoms with Gasteiger partial charge in [0.1, 0.15) is 6.54 Å². The average molecular weight is 329 g/mol. The monoisotopic (exact) mass is 329 g/mol. The maximum Gasteiger partial charge on any atom is 0.405 e. The SMILES string of the molecule is O=C(CC1CCCN1)Nc1ccc(C(=O)NCC(F)(F)F)cc1. The molecule has 0 bridgehead atoms. The Hall–Kier alpha value is -2.09. The predicted octanol–water partition coefficient (Wildman–Crippen LogP) is 2.06. The molecule has 1 aliphatic rings. The second-order valence-corrected chi connectivity index (χ2v) is 5.42. The van der Waals surface area contributed by atoms with Crippen LogP contribution in [-0.4, -0.2) is 37.1 Å². The van der Waals surface area contributed by atoms with E-state index in [0.717, 1.165) is 19.4 Å². The Morgan fingerprint density at radius 3 is 2.48 bits per heavy atom. The molecule has 0 radical (unpaired) electrons. The van der Waals surface area contributed by atoms with Crippen molar-refractivity contribution in [2.75, 3.05) is 18.4 Å².